The third kappa shape index (κ3) is 1.80. The van der Waals surface area contributed by atoms with E-state index in [1.54, 1.807) is 0 Å². The van der Waals surface area contributed by atoms with Crippen molar-refractivity contribution in [3.63, 3.8) is 0 Å². The lowest BCUT2D eigenvalue weighted by atomic mass is 9.96. The second kappa shape index (κ2) is 4.74. The summed E-state index contributed by atoms with van der Waals surface area (Å²) in [6.07, 6.45) is 7.08. The molecular formula is C17H21N3. The van der Waals surface area contributed by atoms with E-state index >= 15 is 0 Å². The first kappa shape index (κ1) is 12.2. The van der Waals surface area contributed by atoms with E-state index in [-0.39, 0.29) is 0 Å². The van der Waals surface area contributed by atoms with Crippen LogP contribution in [0.4, 0.5) is 5.69 Å². The Hall–Kier alpha value is -1.61. The number of fused-ring (bicyclic) bond motifs is 3. The normalized spacial score (nSPS) is 29.1. The predicted molar refractivity (Wildman–Crippen MR) is 83.1 cm³/mol. The molecular weight excluding hydrogens is 246 g/mol. The molecule has 1 aromatic heterocycles. The largest absolute Gasteiger partial charge is 0.365 e. The minimum Gasteiger partial charge on any atom is -0.365 e. The van der Waals surface area contributed by atoms with Crippen molar-refractivity contribution in [2.24, 2.45) is 0 Å². The highest BCUT2D eigenvalue weighted by molar-refractivity contribution is 5.92. The van der Waals surface area contributed by atoms with Crippen molar-refractivity contribution in [1.29, 1.82) is 0 Å². The zero-order valence-corrected chi connectivity index (χ0v) is 11.9. The quantitative estimate of drug-likeness (QED) is 0.906. The summed E-state index contributed by atoms with van der Waals surface area (Å²) in [5.41, 5.74) is 2.50. The molecule has 0 radical (unpaired) electrons. The van der Waals surface area contributed by atoms with E-state index in [1.807, 2.05) is 12.3 Å². The van der Waals surface area contributed by atoms with E-state index in [4.69, 9.17) is 0 Å². The van der Waals surface area contributed by atoms with Crippen LogP contribution < -0.4 is 10.2 Å². The molecule has 0 amide bonds. The van der Waals surface area contributed by atoms with Crippen LogP contribution >= 0.6 is 0 Å². The van der Waals surface area contributed by atoms with Crippen molar-refractivity contribution >= 4 is 16.6 Å². The fourth-order valence-corrected chi connectivity index (χ4v) is 4.12. The minimum absolute atomic E-state index is 0.692. The van der Waals surface area contributed by atoms with Gasteiger partial charge in [-0.25, -0.2) is 0 Å². The van der Waals surface area contributed by atoms with Gasteiger partial charge >= 0.3 is 0 Å². The molecule has 104 valence electrons. The smallest absolute Gasteiger partial charge is 0.0722 e. The molecule has 1 aromatic carbocycles. The lowest BCUT2D eigenvalue weighted by Crippen LogP contribution is -2.48. The Morgan fingerprint density at radius 3 is 2.65 bits per heavy atom. The van der Waals surface area contributed by atoms with Gasteiger partial charge in [0.25, 0.3) is 0 Å². The van der Waals surface area contributed by atoms with Crippen LogP contribution in [0.3, 0.4) is 0 Å². The molecule has 0 spiro atoms. The number of anilines is 1. The summed E-state index contributed by atoms with van der Waals surface area (Å²) in [5.74, 6) is 0. The number of rotatable bonds is 2. The minimum atomic E-state index is 0.692. The molecule has 2 aromatic rings. The first-order chi connectivity index (χ1) is 9.86. The van der Waals surface area contributed by atoms with Crippen LogP contribution in [-0.4, -0.2) is 30.2 Å². The van der Waals surface area contributed by atoms with Crippen LogP contribution in [0.2, 0.25) is 0 Å². The number of benzene rings is 1. The highest BCUT2D eigenvalue weighted by atomic mass is 15.2. The summed E-state index contributed by atoms with van der Waals surface area (Å²) < 4.78 is 0. The summed E-state index contributed by atoms with van der Waals surface area (Å²) >= 11 is 0. The van der Waals surface area contributed by atoms with Gasteiger partial charge in [0.05, 0.1) is 5.52 Å². The molecule has 2 bridgehead atoms. The Morgan fingerprint density at radius 2 is 1.90 bits per heavy atom. The third-order valence-corrected chi connectivity index (χ3v) is 5.04. The summed E-state index contributed by atoms with van der Waals surface area (Å²) in [6.45, 7) is 0. The molecule has 2 aliphatic heterocycles. The predicted octanol–water partition coefficient (Wildman–Crippen LogP) is 2.95. The maximum Gasteiger partial charge on any atom is 0.0722 e. The van der Waals surface area contributed by atoms with E-state index in [0.717, 1.165) is 5.52 Å². The van der Waals surface area contributed by atoms with Crippen LogP contribution in [0.1, 0.15) is 25.7 Å². The molecule has 2 unspecified atom stereocenters. The van der Waals surface area contributed by atoms with Crippen LogP contribution in [0.5, 0.6) is 0 Å². The molecule has 3 heterocycles. The Balaban J connectivity index is 1.77. The molecule has 20 heavy (non-hydrogen) atoms. The number of piperidine rings is 1. The summed E-state index contributed by atoms with van der Waals surface area (Å²) in [5, 5.41) is 4.78. The first-order valence-corrected chi connectivity index (χ1v) is 7.66. The van der Waals surface area contributed by atoms with E-state index in [0.29, 0.717) is 18.1 Å². The zero-order chi connectivity index (χ0) is 13.5. The van der Waals surface area contributed by atoms with Gasteiger partial charge in [0.15, 0.2) is 0 Å². The second-order valence-electron chi connectivity index (χ2n) is 6.10. The summed E-state index contributed by atoms with van der Waals surface area (Å²) in [6, 6.07) is 12.9. The molecule has 3 nitrogen and oxygen atoms in total. The lowest BCUT2D eigenvalue weighted by Gasteiger charge is -2.41. The van der Waals surface area contributed by atoms with Gasteiger partial charge in [0.1, 0.15) is 0 Å². The van der Waals surface area contributed by atoms with Crippen molar-refractivity contribution in [1.82, 2.24) is 10.3 Å². The van der Waals surface area contributed by atoms with Crippen LogP contribution in [0, 0.1) is 0 Å². The van der Waals surface area contributed by atoms with Gasteiger partial charge in [-0.1, -0.05) is 6.07 Å². The standard InChI is InChI=1S/C17H21N3/c1-18-12-10-13-7-8-14(11-12)20(13)17-6-2-5-16-15(17)4-3-9-19-16/h2-6,9,12-14,18H,7-8,10-11H2,1H3. The summed E-state index contributed by atoms with van der Waals surface area (Å²) in [4.78, 5) is 7.18. The monoisotopic (exact) mass is 267 g/mol. The van der Waals surface area contributed by atoms with Gasteiger partial charge in [0.2, 0.25) is 0 Å². The van der Waals surface area contributed by atoms with E-state index in [1.165, 1.54) is 36.8 Å². The van der Waals surface area contributed by atoms with Crippen molar-refractivity contribution in [3.05, 3.63) is 36.5 Å². The van der Waals surface area contributed by atoms with E-state index in [9.17, 15) is 0 Å². The van der Waals surface area contributed by atoms with Crippen molar-refractivity contribution < 1.29 is 0 Å². The number of nitrogens with zero attached hydrogens (tertiary/aromatic N) is 2. The number of hydrogen-bond donors (Lipinski definition) is 1. The Labute approximate surface area is 120 Å². The van der Waals surface area contributed by atoms with Gasteiger partial charge in [-0.3, -0.25) is 4.98 Å². The van der Waals surface area contributed by atoms with Crippen LogP contribution in [0.15, 0.2) is 36.5 Å². The van der Waals surface area contributed by atoms with E-state index < -0.39 is 0 Å². The first-order valence-electron chi connectivity index (χ1n) is 7.66. The second-order valence-corrected chi connectivity index (χ2v) is 6.10. The molecule has 2 aliphatic rings. The number of nitrogens with one attached hydrogen (secondary N) is 1. The zero-order valence-electron chi connectivity index (χ0n) is 11.9. The van der Waals surface area contributed by atoms with Crippen molar-refractivity contribution in [3.8, 4) is 0 Å². The number of hydrogen-bond acceptors (Lipinski definition) is 3. The fourth-order valence-electron chi connectivity index (χ4n) is 4.12. The SMILES string of the molecule is CNC1CC2CCC(C1)N2c1cccc2ncccc12. The maximum absolute atomic E-state index is 4.50. The molecule has 0 aliphatic carbocycles. The van der Waals surface area contributed by atoms with E-state index in [2.05, 4.69) is 46.5 Å². The molecule has 3 heteroatoms. The Morgan fingerprint density at radius 1 is 1.10 bits per heavy atom. The van der Waals surface area contributed by atoms with Gasteiger partial charge in [0, 0.05) is 35.4 Å². The third-order valence-electron chi connectivity index (χ3n) is 5.04. The average molecular weight is 267 g/mol. The van der Waals surface area contributed by atoms with Crippen LogP contribution in [0.25, 0.3) is 10.9 Å². The molecule has 2 saturated heterocycles. The molecule has 0 saturated carbocycles. The summed E-state index contributed by atoms with van der Waals surface area (Å²) in [7, 11) is 2.10. The topological polar surface area (TPSA) is 28.2 Å². The number of aromatic nitrogens is 1. The maximum atomic E-state index is 4.50. The van der Waals surface area contributed by atoms with Crippen molar-refractivity contribution in [2.45, 2.75) is 43.8 Å². The molecule has 2 fully saturated rings. The number of pyridine rings is 1. The molecule has 1 N–H and O–H groups in total. The Kier molecular flexibility index (Phi) is 2.88. The van der Waals surface area contributed by atoms with Crippen LogP contribution in [-0.2, 0) is 0 Å². The van der Waals surface area contributed by atoms with Gasteiger partial charge < -0.3 is 10.2 Å². The van der Waals surface area contributed by atoms with Crippen molar-refractivity contribution in [2.75, 3.05) is 11.9 Å². The van der Waals surface area contributed by atoms with Gasteiger partial charge in [-0.05, 0) is 57.0 Å². The lowest BCUT2D eigenvalue weighted by molar-refractivity contribution is 0.374. The highest BCUT2D eigenvalue weighted by Crippen LogP contribution is 2.41. The fraction of sp³-hybridized carbons (Fsp3) is 0.471. The Bertz CT molecular complexity index is 605. The average Bonchev–Trinajstić information content (AvgIpc) is 2.76. The molecule has 4 rings (SSSR count). The van der Waals surface area contributed by atoms with Gasteiger partial charge in [-0.15, -0.1) is 0 Å². The molecule has 2 atom stereocenters. The van der Waals surface area contributed by atoms with Gasteiger partial charge in [-0.2, -0.15) is 0 Å². The highest BCUT2D eigenvalue weighted by Gasteiger charge is 2.40.